The minimum Gasteiger partial charge on any atom is -0.497 e. The molecule has 3 amide bonds. The predicted octanol–water partition coefficient (Wildman–Crippen LogP) is 4.46. The van der Waals surface area contributed by atoms with Crippen molar-refractivity contribution in [2.24, 2.45) is 0 Å². The second kappa shape index (κ2) is 8.93. The molecule has 1 atom stereocenters. The van der Waals surface area contributed by atoms with Gasteiger partial charge in [0, 0.05) is 27.9 Å². The van der Waals surface area contributed by atoms with Crippen LogP contribution in [-0.4, -0.2) is 33.7 Å². The maximum atomic E-state index is 13.1. The Kier molecular flexibility index (Phi) is 5.54. The highest BCUT2D eigenvalue weighted by Gasteiger charge is 2.48. The fraction of sp³-hybridized carbons (Fsp3) is 0.107. The second-order valence-electron chi connectivity index (χ2n) is 9.07. The third-order valence-electron chi connectivity index (χ3n) is 6.83. The van der Waals surface area contributed by atoms with Crippen molar-refractivity contribution in [2.45, 2.75) is 12.1 Å². The molecule has 5 aromatic rings. The molecule has 6 rings (SSSR count). The Hall–Kier alpha value is -4.83. The third-order valence-corrected chi connectivity index (χ3v) is 7.50. The van der Waals surface area contributed by atoms with Crippen LogP contribution in [0.2, 0.25) is 0 Å². The number of imide groups is 1. The van der Waals surface area contributed by atoms with E-state index in [1.54, 1.807) is 30.0 Å². The summed E-state index contributed by atoms with van der Waals surface area (Å²) >= 11 is 1.40. The van der Waals surface area contributed by atoms with Crippen LogP contribution in [0.3, 0.4) is 0 Å². The Bertz CT molecular complexity index is 1690. The number of hydrogen-bond donors (Lipinski definition) is 4. The summed E-state index contributed by atoms with van der Waals surface area (Å²) in [6.45, 7) is -0.00177. The number of nitrogens with zero attached hydrogens (tertiary/aromatic N) is 2. The summed E-state index contributed by atoms with van der Waals surface area (Å²) < 4.78 is 6.83. The number of fused-ring (bicyclic) bond motifs is 1. The van der Waals surface area contributed by atoms with E-state index >= 15 is 0 Å². The van der Waals surface area contributed by atoms with Crippen molar-refractivity contribution >= 4 is 39.2 Å². The van der Waals surface area contributed by atoms with Crippen molar-refractivity contribution in [2.75, 3.05) is 12.8 Å². The number of benzene rings is 3. The van der Waals surface area contributed by atoms with Crippen LogP contribution in [-0.2, 0) is 16.9 Å². The number of amides is 3. The molecule has 0 unspecified atom stereocenters. The lowest BCUT2D eigenvalue weighted by Crippen LogP contribution is -2.47. The van der Waals surface area contributed by atoms with Gasteiger partial charge in [0.1, 0.15) is 5.75 Å². The lowest BCUT2D eigenvalue weighted by molar-refractivity contribution is -0.124. The minimum absolute atomic E-state index is 0.00177. The van der Waals surface area contributed by atoms with Gasteiger partial charge in [0.05, 0.1) is 19.3 Å². The fourth-order valence-electron chi connectivity index (χ4n) is 4.83. The zero-order valence-corrected chi connectivity index (χ0v) is 21.1. The van der Waals surface area contributed by atoms with Gasteiger partial charge in [-0.1, -0.05) is 48.5 Å². The monoisotopic (exact) mass is 525 g/mol. The third kappa shape index (κ3) is 3.91. The largest absolute Gasteiger partial charge is 0.497 e. The SMILES string of the molecule is COc1ccc2cn(C[C@]3(c4ccc(-c5ccc(-c6csc(N)n6)cc5)cc4)NC(=O)NC3=O)c(O)c2c1. The maximum absolute atomic E-state index is 13.1. The van der Waals surface area contributed by atoms with Gasteiger partial charge in [-0.2, -0.15) is 0 Å². The molecule has 5 N–H and O–H groups in total. The standard InChI is InChI=1S/C28H23N5O4S/c1-37-21-11-8-19-13-33(24(34)22(19)12-21)15-28(25(35)31-27(36)32-28)20-9-6-17(7-10-20)16-2-4-18(5-3-16)23-14-38-26(29)30-23/h2-14,34H,15H2,1H3,(H2,29,30)(H2,31,32,35,36)/t28-/m1/s1. The summed E-state index contributed by atoms with van der Waals surface area (Å²) in [6, 6.07) is 20.2. The molecule has 1 aliphatic heterocycles. The van der Waals surface area contributed by atoms with Gasteiger partial charge in [-0.3, -0.25) is 10.1 Å². The van der Waals surface area contributed by atoms with E-state index in [1.165, 1.54) is 11.3 Å². The van der Waals surface area contributed by atoms with Gasteiger partial charge < -0.3 is 25.5 Å². The van der Waals surface area contributed by atoms with Crippen molar-refractivity contribution in [1.82, 2.24) is 20.2 Å². The van der Waals surface area contributed by atoms with E-state index in [9.17, 15) is 14.7 Å². The smallest absolute Gasteiger partial charge is 0.322 e. The summed E-state index contributed by atoms with van der Waals surface area (Å²) in [5.74, 6) is 0.0918. The summed E-state index contributed by atoms with van der Waals surface area (Å²) in [5.41, 5.74) is 8.68. The lowest BCUT2D eigenvalue weighted by Gasteiger charge is -2.27. The molecule has 10 heteroatoms. The molecule has 1 saturated heterocycles. The molecule has 0 saturated carbocycles. The van der Waals surface area contributed by atoms with Crippen molar-refractivity contribution < 1.29 is 19.4 Å². The summed E-state index contributed by atoms with van der Waals surface area (Å²) in [7, 11) is 1.55. The molecule has 0 aliphatic carbocycles. The van der Waals surface area contributed by atoms with Crippen molar-refractivity contribution in [3.8, 4) is 34.0 Å². The van der Waals surface area contributed by atoms with Gasteiger partial charge in [0.2, 0.25) is 0 Å². The number of anilines is 1. The van der Waals surface area contributed by atoms with E-state index in [0.29, 0.717) is 21.8 Å². The summed E-state index contributed by atoms with van der Waals surface area (Å²) in [5, 5.41) is 19.9. The average Bonchev–Trinajstić information content (AvgIpc) is 3.59. The van der Waals surface area contributed by atoms with E-state index < -0.39 is 17.5 Å². The number of methoxy groups -OCH3 is 1. The van der Waals surface area contributed by atoms with Crippen molar-refractivity contribution in [3.05, 3.63) is 83.9 Å². The fourth-order valence-corrected chi connectivity index (χ4v) is 5.40. The van der Waals surface area contributed by atoms with Crippen molar-refractivity contribution in [3.63, 3.8) is 0 Å². The highest BCUT2D eigenvalue weighted by atomic mass is 32.1. The first-order chi connectivity index (χ1) is 18.4. The zero-order valence-electron chi connectivity index (χ0n) is 20.3. The molecule has 0 spiro atoms. The quantitative estimate of drug-likeness (QED) is 0.242. The molecule has 0 bridgehead atoms. The molecule has 0 radical (unpaired) electrons. The number of rotatable bonds is 6. The molecule has 190 valence electrons. The first-order valence-corrected chi connectivity index (χ1v) is 12.7. The Morgan fingerprint density at radius 2 is 1.71 bits per heavy atom. The van der Waals surface area contributed by atoms with Gasteiger partial charge in [0.15, 0.2) is 16.6 Å². The van der Waals surface area contributed by atoms with Crippen LogP contribution in [0.1, 0.15) is 5.56 Å². The molecular formula is C28H23N5O4S. The van der Waals surface area contributed by atoms with Crippen LogP contribution in [0, 0.1) is 0 Å². The van der Waals surface area contributed by atoms with Crippen LogP contribution in [0.4, 0.5) is 9.93 Å². The highest BCUT2D eigenvalue weighted by molar-refractivity contribution is 7.13. The van der Waals surface area contributed by atoms with Gasteiger partial charge >= 0.3 is 6.03 Å². The molecule has 1 aliphatic rings. The van der Waals surface area contributed by atoms with Crippen LogP contribution in [0.15, 0.2) is 78.3 Å². The van der Waals surface area contributed by atoms with E-state index in [-0.39, 0.29) is 12.4 Å². The number of hydrogen-bond acceptors (Lipinski definition) is 7. The number of nitrogens with two attached hydrogens (primary N) is 1. The number of urea groups is 1. The number of nitrogens with one attached hydrogen (secondary N) is 2. The molecule has 3 heterocycles. The normalized spacial score (nSPS) is 17.0. The number of carbonyl (C=O) groups excluding carboxylic acids is 2. The van der Waals surface area contributed by atoms with Gasteiger partial charge in [-0.05, 0) is 34.9 Å². The Labute approximate surface area is 221 Å². The van der Waals surface area contributed by atoms with Gasteiger partial charge in [-0.25, -0.2) is 9.78 Å². The zero-order chi connectivity index (χ0) is 26.4. The number of carbonyl (C=O) groups is 2. The number of aromatic hydroxyl groups is 1. The van der Waals surface area contributed by atoms with Crippen LogP contribution < -0.4 is 21.1 Å². The van der Waals surface area contributed by atoms with E-state index in [0.717, 1.165) is 27.8 Å². The van der Waals surface area contributed by atoms with E-state index in [4.69, 9.17) is 10.5 Å². The molecule has 9 nitrogen and oxygen atoms in total. The van der Waals surface area contributed by atoms with Crippen LogP contribution >= 0.6 is 11.3 Å². The highest BCUT2D eigenvalue weighted by Crippen LogP contribution is 2.36. The lowest BCUT2D eigenvalue weighted by atomic mass is 9.88. The molecule has 3 aromatic carbocycles. The van der Waals surface area contributed by atoms with E-state index in [2.05, 4.69) is 15.6 Å². The molecular weight excluding hydrogens is 502 g/mol. The molecule has 1 fully saturated rings. The first-order valence-electron chi connectivity index (χ1n) is 11.8. The van der Waals surface area contributed by atoms with Gasteiger partial charge in [-0.15, -0.1) is 11.3 Å². The number of ether oxygens (including phenoxy) is 1. The van der Waals surface area contributed by atoms with Crippen molar-refractivity contribution in [1.29, 1.82) is 0 Å². The van der Waals surface area contributed by atoms with Crippen LogP contribution in [0.5, 0.6) is 11.6 Å². The summed E-state index contributed by atoms with van der Waals surface area (Å²) in [6.07, 6.45) is 1.75. The molecule has 2 aromatic heterocycles. The predicted molar refractivity (Wildman–Crippen MR) is 146 cm³/mol. The van der Waals surface area contributed by atoms with Gasteiger partial charge in [0.25, 0.3) is 5.91 Å². The second-order valence-corrected chi connectivity index (χ2v) is 9.96. The van der Waals surface area contributed by atoms with Crippen LogP contribution in [0.25, 0.3) is 33.2 Å². The first kappa shape index (κ1) is 23.6. The molecule has 38 heavy (non-hydrogen) atoms. The number of thiazole rings is 1. The Balaban J connectivity index is 1.33. The average molecular weight is 526 g/mol. The number of nitrogen functional groups attached to an aromatic ring is 1. The Morgan fingerprint density at radius 3 is 2.32 bits per heavy atom. The van der Waals surface area contributed by atoms with E-state index in [1.807, 2.05) is 60.0 Å². The minimum atomic E-state index is -1.40. The number of aromatic nitrogens is 2. The maximum Gasteiger partial charge on any atom is 0.322 e. The Morgan fingerprint density at radius 1 is 1.03 bits per heavy atom. The topological polar surface area (TPSA) is 131 Å². The summed E-state index contributed by atoms with van der Waals surface area (Å²) in [4.78, 5) is 29.7.